The molecular weight excluding hydrogens is 366 g/mol. The molecule has 2 N–H and O–H groups in total. The van der Waals surface area contributed by atoms with Crippen LogP contribution in [-0.4, -0.2) is 31.8 Å². The van der Waals surface area contributed by atoms with Gasteiger partial charge in [-0.3, -0.25) is 4.98 Å². The Kier molecular flexibility index (Phi) is 7.05. The summed E-state index contributed by atoms with van der Waals surface area (Å²) in [6.45, 7) is 0.499. The van der Waals surface area contributed by atoms with Crippen LogP contribution in [0.2, 0.25) is 0 Å². The van der Waals surface area contributed by atoms with Gasteiger partial charge in [0.05, 0.1) is 20.3 Å². The summed E-state index contributed by atoms with van der Waals surface area (Å²) in [7, 11) is 3.21. The van der Waals surface area contributed by atoms with Gasteiger partial charge in [-0.05, 0) is 47.4 Å². The van der Waals surface area contributed by atoms with Gasteiger partial charge in [0.1, 0.15) is 0 Å². The first kappa shape index (κ1) is 20.2. The van der Waals surface area contributed by atoms with Gasteiger partial charge in [0.25, 0.3) is 0 Å². The summed E-state index contributed by atoms with van der Waals surface area (Å²) < 4.78 is 10.6. The fraction of sp³-hybridized carbons (Fsp3) is 0.217. The number of hydrogen-bond acceptors (Lipinski definition) is 4. The van der Waals surface area contributed by atoms with Gasteiger partial charge in [0.15, 0.2) is 11.5 Å². The molecule has 2 aromatic carbocycles. The summed E-state index contributed by atoms with van der Waals surface area (Å²) in [6.07, 6.45) is 4.13. The highest BCUT2D eigenvalue weighted by Gasteiger charge is 2.16. The molecule has 0 aliphatic heterocycles. The van der Waals surface area contributed by atoms with Crippen LogP contribution in [0.25, 0.3) is 0 Å². The lowest BCUT2D eigenvalue weighted by Gasteiger charge is -2.20. The van der Waals surface area contributed by atoms with Crippen LogP contribution in [0, 0.1) is 0 Å². The van der Waals surface area contributed by atoms with E-state index < -0.39 is 0 Å². The molecule has 1 unspecified atom stereocenters. The van der Waals surface area contributed by atoms with Crippen LogP contribution in [0.4, 0.5) is 4.79 Å². The molecular formula is C23H25N3O3. The Balaban J connectivity index is 1.61. The molecule has 0 aliphatic carbocycles. The van der Waals surface area contributed by atoms with Crippen LogP contribution in [-0.2, 0) is 6.42 Å². The number of nitrogens with one attached hydrogen (secondary N) is 2. The number of rotatable bonds is 8. The van der Waals surface area contributed by atoms with Crippen LogP contribution >= 0.6 is 0 Å². The molecule has 6 heteroatoms. The molecule has 2 amide bonds. The highest BCUT2D eigenvalue weighted by molar-refractivity contribution is 5.75. The third-order valence-electron chi connectivity index (χ3n) is 4.59. The van der Waals surface area contributed by atoms with Gasteiger partial charge in [-0.2, -0.15) is 0 Å². The van der Waals surface area contributed by atoms with Crippen molar-refractivity contribution in [3.05, 3.63) is 89.7 Å². The molecule has 3 aromatic rings. The van der Waals surface area contributed by atoms with E-state index in [4.69, 9.17) is 9.47 Å². The number of benzene rings is 2. The number of ether oxygens (including phenoxy) is 2. The Morgan fingerprint density at radius 2 is 1.62 bits per heavy atom. The summed E-state index contributed by atoms with van der Waals surface area (Å²) in [4.78, 5) is 16.6. The third kappa shape index (κ3) is 5.48. The fourth-order valence-corrected chi connectivity index (χ4v) is 3.10. The smallest absolute Gasteiger partial charge is 0.315 e. The maximum Gasteiger partial charge on any atom is 0.315 e. The maximum absolute atomic E-state index is 12.5. The zero-order chi connectivity index (χ0) is 20.5. The average Bonchev–Trinajstić information content (AvgIpc) is 2.78. The molecule has 3 rings (SSSR count). The van der Waals surface area contributed by atoms with Crippen molar-refractivity contribution in [3.8, 4) is 11.5 Å². The van der Waals surface area contributed by atoms with Crippen molar-refractivity contribution >= 4 is 6.03 Å². The SMILES string of the molecule is COc1ccc(CCNC(=O)NC(c2ccccc2)c2ccncc2)cc1OC. The Labute approximate surface area is 170 Å². The summed E-state index contributed by atoms with van der Waals surface area (Å²) in [5.74, 6) is 1.36. The largest absolute Gasteiger partial charge is 0.493 e. The minimum Gasteiger partial charge on any atom is -0.493 e. The van der Waals surface area contributed by atoms with Crippen molar-refractivity contribution in [2.45, 2.75) is 12.5 Å². The fourth-order valence-electron chi connectivity index (χ4n) is 3.10. The standard InChI is InChI=1S/C23H25N3O3/c1-28-20-9-8-17(16-21(20)29-2)10-15-25-23(27)26-22(18-6-4-3-5-7-18)19-11-13-24-14-12-19/h3-9,11-14,16,22H,10,15H2,1-2H3,(H2,25,26,27). The zero-order valence-electron chi connectivity index (χ0n) is 16.6. The number of hydrogen-bond donors (Lipinski definition) is 2. The van der Waals surface area contributed by atoms with Gasteiger partial charge in [-0.25, -0.2) is 4.79 Å². The highest BCUT2D eigenvalue weighted by atomic mass is 16.5. The number of aromatic nitrogens is 1. The van der Waals surface area contributed by atoms with Gasteiger partial charge >= 0.3 is 6.03 Å². The van der Waals surface area contributed by atoms with Gasteiger partial charge in [-0.1, -0.05) is 36.4 Å². The highest BCUT2D eigenvalue weighted by Crippen LogP contribution is 2.27. The molecule has 0 spiro atoms. The van der Waals surface area contributed by atoms with Gasteiger partial charge in [0.2, 0.25) is 0 Å². The van der Waals surface area contributed by atoms with Gasteiger partial charge in [0, 0.05) is 18.9 Å². The molecule has 0 saturated carbocycles. The number of amides is 2. The molecule has 1 heterocycles. The number of carbonyl (C=O) groups is 1. The van der Waals surface area contributed by atoms with E-state index in [1.165, 1.54) is 0 Å². The minimum absolute atomic E-state index is 0.226. The summed E-state index contributed by atoms with van der Waals surface area (Å²) in [6, 6.07) is 18.9. The molecule has 0 fully saturated rings. The summed E-state index contributed by atoms with van der Waals surface area (Å²) >= 11 is 0. The van der Waals surface area contributed by atoms with Crippen molar-refractivity contribution in [3.63, 3.8) is 0 Å². The number of methoxy groups -OCH3 is 2. The molecule has 1 atom stereocenters. The normalized spacial score (nSPS) is 11.4. The topological polar surface area (TPSA) is 72.5 Å². The van der Waals surface area contributed by atoms with E-state index in [-0.39, 0.29) is 12.1 Å². The number of pyridine rings is 1. The van der Waals surface area contributed by atoms with Gasteiger partial charge < -0.3 is 20.1 Å². The Morgan fingerprint density at radius 3 is 2.31 bits per heavy atom. The Bertz CT molecular complexity index is 878. The Morgan fingerprint density at radius 1 is 0.931 bits per heavy atom. The van der Waals surface area contributed by atoms with Crippen LogP contribution < -0.4 is 20.1 Å². The second-order valence-electron chi connectivity index (χ2n) is 6.46. The average molecular weight is 391 g/mol. The lowest BCUT2D eigenvalue weighted by molar-refractivity contribution is 0.239. The molecule has 0 bridgehead atoms. The van der Waals surface area contributed by atoms with E-state index in [1.54, 1.807) is 26.6 Å². The molecule has 0 aliphatic rings. The Hall–Kier alpha value is -3.54. The van der Waals surface area contributed by atoms with Crippen molar-refractivity contribution in [2.24, 2.45) is 0 Å². The van der Waals surface area contributed by atoms with E-state index >= 15 is 0 Å². The molecule has 1 aromatic heterocycles. The summed E-state index contributed by atoms with van der Waals surface area (Å²) in [5, 5.41) is 5.98. The second-order valence-corrected chi connectivity index (χ2v) is 6.46. The van der Waals surface area contributed by atoms with Crippen molar-refractivity contribution < 1.29 is 14.3 Å². The minimum atomic E-state index is -0.250. The molecule has 6 nitrogen and oxygen atoms in total. The first-order valence-corrected chi connectivity index (χ1v) is 9.41. The molecule has 150 valence electrons. The van der Waals surface area contributed by atoms with E-state index in [1.807, 2.05) is 60.7 Å². The van der Waals surface area contributed by atoms with E-state index in [2.05, 4.69) is 15.6 Å². The van der Waals surface area contributed by atoms with Crippen molar-refractivity contribution in [2.75, 3.05) is 20.8 Å². The molecule has 0 radical (unpaired) electrons. The number of urea groups is 1. The zero-order valence-corrected chi connectivity index (χ0v) is 16.6. The lowest BCUT2D eigenvalue weighted by atomic mass is 10.00. The quantitative estimate of drug-likeness (QED) is 0.614. The van der Waals surface area contributed by atoms with Crippen LogP contribution in [0.1, 0.15) is 22.7 Å². The lowest BCUT2D eigenvalue weighted by Crippen LogP contribution is -2.39. The van der Waals surface area contributed by atoms with E-state index in [0.717, 1.165) is 16.7 Å². The van der Waals surface area contributed by atoms with Crippen molar-refractivity contribution in [1.29, 1.82) is 0 Å². The maximum atomic E-state index is 12.5. The predicted octanol–water partition coefficient (Wildman–Crippen LogP) is 3.73. The van der Waals surface area contributed by atoms with Crippen molar-refractivity contribution in [1.82, 2.24) is 15.6 Å². The van der Waals surface area contributed by atoms with E-state index in [9.17, 15) is 4.79 Å². The first-order chi connectivity index (χ1) is 14.2. The van der Waals surface area contributed by atoms with Crippen LogP contribution in [0.3, 0.4) is 0 Å². The second kappa shape index (κ2) is 10.1. The van der Waals surface area contributed by atoms with Gasteiger partial charge in [-0.15, -0.1) is 0 Å². The predicted molar refractivity (Wildman–Crippen MR) is 112 cm³/mol. The summed E-state index contributed by atoms with van der Waals surface area (Å²) in [5.41, 5.74) is 3.03. The number of carbonyl (C=O) groups excluding carboxylic acids is 1. The van der Waals surface area contributed by atoms with Crippen LogP contribution in [0.5, 0.6) is 11.5 Å². The van der Waals surface area contributed by atoms with E-state index in [0.29, 0.717) is 24.5 Å². The number of nitrogens with zero attached hydrogens (tertiary/aromatic N) is 1. The van der Waals surface area contributed by atoms with Crippen LogP contribution in [0.15, 0.2) is 73.1 Å². The molecule has 29 heavy (non-hydrogen) atoms. The molecule has 0 saturated heterocycles. The first-order valence-electron chi connectivity index (χ1n) is 9.41. The third-order valence-corrected chi connectivity index (χ3v) is 4.59. The monoisotopic (exact) mass is 391 g/mol.